The zero-order valence-corrected chi connectivity index (χ0v) is 21.6. The van der Waals surface area contributed by atoms with E-state index >= 15 is 0 Å². The van der Waals surface area contributed by atoms with Gasteiger partial charge in [0.05, 0.1) is 19.2 Å². The minimum atomic E-state index is -3.71. The van der Waals surface area contributed by atoms with Gasteiger partial charge in [-0.05, 0) is 61.1 Å². The molecule has 0 aromatic heterocycles. The fraction of sp³-hybridized carbons (Fsp3) is 0.500. The van der Waals surface area contributed by atoms with Gasteiger partial charge in [0.1, 0.15) is 4.90 Å². The SMILES string of the molecule is CCN(CCCN1CCc2cc(OC)c(OC)c3c2C1CC3)S(=O)(=O)c1cc(Cl)ccc1Cl. The Kier molecular flexibility index (Phi) is 7.46. The van der Waals surface area contributed by atoms with Gasteiger partial charge in [-0.3, -0.25) is 4.90 Å². The largest absolute Gasteiger partial charge is 0.493 e. The van der Waals surface area contributed by atoms with Crippen molar-refractivity contribution in [3.63, 3.8) is 0 Å². The van der Waals surface area contributed by atoms with Crippen LogP contribution >= 0.6 is 23.2 Å². The molecule has 1 heterocycles. The Hall–Kier alpha value is -1.51. The Morgan fingerprint density at radius 1 is 1.15 bits per heavy atom. The second-order valence-corrected chi connectivity index (χ2v) is 11.2. The highest BCUT2D eigenvalue weighted by atomic mass is 35.5. The van der Waals surface area contributed by atoms with Gasteiger partial charge in [-0.2, -0.15) is 4.31 Å². The molecule has 0 radical (unpaired) electrons. The minimum Gasteiger partial charge on any atom is -0.493 e. The fourth-order valence-electron chi connectivity index (χ4n) is 5.20. The van der Waals surface area contributed by atoms with E-state index in [2.05, 4.69) is 11.0 Å². The molecule has 180 valence electrons. The molecular weight excluding hydrogens is 483 g/mol. The van der Waals surface area contributed by atoms with Crippen LogP contribution in [0.15, 0.2) is 29.2 Å². The highest BCUT2D eigenvalue weighted by molar-refractivity contribution is 7.89. The minimum absolute atomic E-state index is 0.0619. The van der Waals surface area contributed by atoms with Crippen molar-refractivity contribution >= 4 is 33.2 Å². The number of rotatable bonds is 9. The number of nitrogens with zero attached hydrogens (tertiary/aromatic N) is 2. The van der Waals surface area contributed by atoms with E-state index in [1.165, 1.54) is 33.1 Å². The number of hydrogen-bond acceptors (Lipinski definition) is 5. The Labute approximate surface area is 206 Å². The van der Waals surface area contributed by atoms with E-state index in [0.717, 1.165) is 50.3 Å². The summed E-state index contributed by atoms with van der Waals surface area (Å²) in [7, 11) is -0.335. The maximum atomic E-state index is 13.2. The highest BCUT2D eigenvalue weighted by Gasteiger charge is 2.37. The standard InChI is InChI=1S/C24H30Cl2N2O4S/c1-4-28(33(29,30)22-15-17(25)6-8-19(22)26)12-5-11-27-13-10-16-14-21(31-2)24(32-3)18-7-9-20(27)23(16)18/h6,8,14-15,20H,4-5,7,9-13H2,1-3H3. The van der Waals surface area contributed by atoms with Gasteiger partial charge in [0.25, 0.3) is 0 Å². The van der Waals surface area contributed by atoms with Crippen LogP contribution in [0.3, 0.4) is 0 Å². The van der Waals surface area contributed by atoms with Crippen LogP contribution < -0.4 is 9.47 Å². The lowest BCUT2D eigenvalue weighted by Crippen LogP contribution is -2.38. The zero-order valence-electron chi connectivity index (χ0n) is 19.2. The molecule has 1 aliphatic heterocycles. The van der Waals surface area contributed by atoms with Crippen molar-refractivity contribution in [3.05, 3.63) is 51.0 Å². The van der Waals surface area contributed by atoms with E-state index in [0.29, 0.717) is 24.2 Å². The molecule has 1 unspecified atom stereocenters. The summed E-state index contributed by atoms with van der Waals surface area (Å²) >= 11 is 12.2. The summed E-state index contributed by atoms with van der Waals surface area (Å²) in [6.45, 7) is 4.42. The molecule has 0 fully saturated rings. The Morgan fingerprint density at radius 2 is 1.94 bits per heavy atom. The Balaban J connectivity index is 1.47. The molecule has 2 aliphatic rings. The first kappa shape index (κ1) is 24.6. The van der Waals surface area contributed by atoms with E-state index in [-0.39, 0.29) is 9.92 Å². The molecule has 2 aromatic rings. The predicted molar refractivity (Wildman–Crippen MR) is 131 cm³/mol. The van der Waals surface area contributed by atoms with Crippen LogP contribution in [-0.2, 0) is 22.9 Å². The molecule has 1 atom stereocenters. The second-order valence-electron chi connectivity index (χ2n) is 8.43. The average Bonchev–Trinajstić information content (AvgIpc) is 3.25. The van der Waals surface area contributed by atoms with Gasteiger partial charge >= 0.3 is 0 Å². The van der Waals surface area contributed by atoms with Crippen LogP contribution in [0.1, 0.15) is 42.5 Å². The molecule has 2 aromatic carbocycles. The van der Waals surface area contributed by atoms with E-state index in [4.69, 9.17) is 32.7 Å². The van der Waals surface area contributed by atoms with Gasteiger partial charge in [0.2, 0.25) is 10.0 Å². The molecule has 0 spiro atoms. The Morgan fingerprint density at radius 3 is 2.64 bits per heavy atom. The summed E-state index contributed by atoms with van der Waals surface area (Å²) in [5.74, 6) is 1.66. The molecule has 1 aliphatic carbocycles. The van der Waals surface area contributed by atoms with Crippen LogP contribution in [0, 0.1) is 0 Å². The van der Waals surface area contributed by atoms with E-state index < -0.39 is 10.0 Å². The summed E-state index contributed by atoms with van der Waals surface area (Å²) in [6, 6.07) is 7.00. The zero-order chi connectivity index (χ0) is 23.8. The normalized spacial score (nSPS) is 17.9. The van der Waals surface area contributed by atoms with Gasteiger partial charge in [-0.15, -0.1) is 0 Å². The topological polar surface area (TPSA) is 59.1 Å². The van der Waals surface area contributed by atoms with Crippen LogP contribution in [0.25, 0.3) is 0 Å². The van der Waals surface area contributed by atoms with Crippen molar-refractivity contribution in [2.75, 3.05) is 40.4 Å². The molecular formula is C24H30Cl2N2O4S. The van der Waals surface area contributed by atoms with Crippen LogP contribution in [0.2, 0.25) is 10.0 Å². The van der Waals surface area contributed by atoms with Crippen molar-refractivity contribution in [2.45, 2.75) is 43.5 Å². The van der Waals surface area contributed by atoms with Gasteiger partial charge in [0.15, 0.2) is 11.5 Å². The number of benzene rings is 2. The molecule has 33 heavy (non-hydrogen) atoms. The lowest BCUT2D eigenvalue weighted by atomic mass is 9.92. The van der Waals surface area contributed by atoms with Crippen molar-refractivity contribution in [1.82, 2.24) is 9.21 Å². The molecule has 0 saturated heterocycles. The van der Waals surface area contributed by atoms with Gasteiger partial charge in [0, 0.05) is 42.8 Å². The van der Waals surface area contributed by atoms with E-state index in [1.807, 2.05) is 6.92 Å². The maximum absolute atomic E-state index is 13.2. The first-order chi connectivity index (χ1) is 15.8. The van der Waals surface area contributed by atoms with Gasteiger partial charge < -0.3 is 9.47 Å². The summed E-state index contributed by atoms with van der Waals surface area (Å²) in [6.07, 6.45) is 3.69. The summed E-state index contributed by atoms with van der Waals surface area (Å²) in [5.41, 5.74) is 3.98. The van der Waals surface area contributed by atoms with Crippen molar-refractivity contribution in [1.29, 1.82) is 0 Å². The monoisotopic (exact) mass is 512 g/mol. The predicted octanol–water partition coefficient (Wildman–Crippen LogP) is 4.96. The lowest BCUT2D eigenvalue weighted by molar-refractivity contribution is 0.179. The molecule has 0 saturated carbocycles. The van der Waals surface area contributed by atoms with Crippen LogP contribution in [0.4, 0.5) is 0 Å². The van der Waals surface area contributed by atoms with E-state index in [9.17, 15) is 8.42 Å². The third-order valence-corrected chi connectivity index (χ3v) is 9.42. The van der Waals surface area contributed by atoms with Crippen molar-refractivity contribution in [2.24, 2.45) is 0 Å². The molecule has 6 nitrogen and oxygen atoms in total. The first-order valence-electron chi connectivity index (χ1n) is 11.3. The van der Waals surface area contributed by atoms with Gasteiger partial charge in [-0.25, -0.2) is 8.42 Å². The number of halogens is 2. The smallest absolute Gasteiger partial charge is 0.244 e. The average molecular weight is 513 g/mol. The number of ether oxygens (including phenoxy) is 2. The molecule has 0 N–H and O–H groups in total. The van der Waals surface area contributed by atoms with Crippen LogP contribution in [0.5, 0.6) is 11.5 Å². The Bertz CT molecular complexity index is 1140. The highest BCUT2D eigenvalue weighted by Crippen LogP contribution is 2.48. The number of hydrogen-bond donors (Lipinski definition) is 0. The molecule has 4 rings (SSSR count). The van der Waals surface area contributed by atoms with Crippen molar-refractivity contribution in [3.8, 4) is 11.5 Å². The van der Waals surface area contributed by atoms with E-state index in [1.54, 1.807) is 20.3 Å². The van der Waals surface area contributed by atoms with Crippen molar-refractivity contribution < 1.29 is 17.9 Å². The summed E-state index contributed by atoms with van der Waals surface area (Å²) < 4.78 is 39.1. The maximum Gasteiger partial charge on any atom is 0.244 e. The first-order valence-corrected chi connectivity index (χ1v) is 13.5. The molecule has 9 heteroatoms. The quantitative estimate of drug-likeness (QED) is 0.475. The third-order valence-electron chi connectivity index (χ3n) is 6.73. The molecule has 0 bridgehead atoms. The number of sulfonamides is 1. The summed E-state index contributed by atoms with van der Waals surface area (Å²) in [5, 5.41) is 0.540. The third kappa shape index (κ3) is 4.58. The lowest BCUT2D eigenvalue weighted by Gasteiger charge is -2.36. The van der Waals surface area contributed by atoms with Gasteiger partial charge in [-0.1, -0.05) is 30.1 Å². The summed E-state index contributed by atoms with van der Waals surface area (Å²) in [4.78, 5) is 2.55. The number of methoxy groups -OCH3 is 2. The molecule has 0 amide bonds. The fourth-order valence-corrected chi connectivity index (χ4v) is 7.43. The van der Waals surface area contributed by atoms with Crippen LogP contribution in [-0.4, -0.2) is 58.0 Å². The second kappa shape index (κ2) is 10.0.